The minimum absolute atomic E-state index is 0.297. The first-order chi connectivity index (χ1) is 4.18. The molecule has 4 heteroatoms. The number of carboxylic acid groups (broad SMARTS) is 1. The predicted octanol–water partition coefficient (Wildman–Crippen LogP) is -0.511. The summed E-state index contributed by atoms with van der Waals surface area (Å²) in [4.78, 5) is 13.6. The lowest BCUT2D eigenvalue weighted by Crippen LogP contribution is -2.30. The summed E-state index contributed by atoms with van der Waals surface area (Å²) >= 11 is 0. The quantitative estimate of drug-likeness (QED) is 0.505. The van der Waals surface area contributed by atoms with E-state index in [0.29, 0.717) is 6.42 Å². The first-order valence-electron chi connectivity index (χ1n) is 2.57. The van der Waals surface area contributed by atoms with Crippen molar-refractivity contribution in [1.29, 1.82) is 0 Å². The van der Waals surface area contributed by atoms with Crippen LogP contribution in [0.3, 0.4) is 0 Å². The van der Waals surface area contributed by atoms with Crippen molar-refractivity contribution in [2.24, 2.45) is 10.7 Å². The molecule has 0 spiro atoms. The molecule has 0 aliphatic rings. The fraction of sp³-hybridized carbons (Fsp3) is 0.600. The molecule has 0 saturated heterocycles. The molecule has 0 rings (SSSR count). The molecular weight excluding hydrogens is 120 g/mol. The minimum atomic E-state index is -0.991. The van der Waals surface area contributed by atoms with E-state index in [2.05, 4.69) is 4.99 Å². The van der Waals surface area contributed by atoms with E-state index in [1.807, 2.05) is 0 Å². The SMILES string of the molecule is CN=CC[C@H](N)C(=O)O. The molecule has 0 heterocycles. The van der Waals surface area contributed by atoms with Gasteiger partial charge in [-0.15, -0.1) is 0 Å². The van der Waals surface area contributed by atoms with E-state index in [1.54, 1.807) is 7.05 Å². The molecule has 0 aliphatic heterocycles. The van der Waals surface area contributed by atoms with E-state index >= 15 is 0 Å². The Morgan fingerprint density at radius 1 is 2.00 bits per heavy atom. The van der Waals surface area contributed by atoms with E-state index in [4.69, 9.17) is 10.8 Å². The standard InChI is InChI=1S/C5H10N2O2/c1-7-3-2-4(6)5(8)9/h3-4H,2,6H2,1H3,(H,8,9)/t4-/m0/s1. The van der Waals surface area contributed by atoms with Crippen molar-refractivity contribution < 1.29 is 9.90 Å². The van der Waals surface area contributed by atoms with Crippen LogP contribution in [0.5, 0.6) is 0 Å². The average Bonchev–Trinajstić information content (AvgIpc) is 1.82. The molecule has 1 atom stereocenters. The maximum Gasteiger partial charge on any atom is 0.320 e. The largest absolute Gasteiger partial charge is 0.480 e. The number of aliphatic imine (C=N–C) groups is 1. The second-order valence-electron chi connectivity index (χ2n) is 1.62. The summed E-state index contributed by atoms with van der Waals surface area (Å²) < 4.78 is 0. The van der Waals surface area contributed by atoms with Gasteiger partial charge in [-0.1, -0.05) is 0 Å². The van der Waals surface area contributed by atoms with E-state index in [9.17, 15) is 4.79 Å². The lowest BCUT2D eigenvalue weighted by Gasteiger charge is -1.98. The van der Waals surface area contributed by atoms with Gasteiger partial charge in [0, 0.05) is 19.7 Å². The number of carbonyl (C=O) groups is 1. The summed E-state index contributed by atoms with van der Waals surface area (Å²) in [6, 6.07) is -0.811. The Bertz CT molecular complexity index is 122. The summed E-state index contributed by atoms with van der Waals surface area (Å²) in [5.74, 6) is -0.991. The Morgan fingerprint density at radius 3 is 2.89 bits per heavy atom. The zero-order valence-electron chi connectivity index (χ0n) is 5.24. The Balaban J connectivity index is 3.50. The maximum absolute atomic E-state index is 10.0. The summed E-state index contributed by atoms with van der Waals surface area (Å²) in [7, 11) is 1.58. The van der Waals surface area contributed by atoms with Crippen LogP contribution in [-0.2, 0) is 4.79 Å². The van der Waals surface area contributed by atoms with Crippen molar-refractivity contribution in [2.45, 2.75) is 12.5 Å². The molecule has 0 fully saturated rings. The van der Waals surface area contributed by atoms with E-state index in [0.717, 1.165) is 0 Å². The van der Waals surface area contributed by atoms with Crippen LogP contribution in [0.2, 0.25) is 0 Å². The van der Waals surface area contributed by atoms with Crippen molar-refractivity contribution in [3.05, 3.63) is 0 Å². The highest BCUT2D eigenvalue weighted by Crippen LogP contribution is 1.82. The van der Waals surface area contributed by atoms with Gasteiger partial charge in [0.1, 0.15) is 6.04 Å². The van der Waals surface area contributed by atoms with Gasteiger partial charge in [-0.3, -0.25) is 4.79 Å². The summed E-state index contributed by atoms with van der Waals surface area (Å²) in [5, 5.41) is 8.22. The molecule has 0 aliphatic carbocycles. The topological polar surface area (TPSA) is 75.7 Å². The molecule has 0 aromatic rings. The minimum Gasteiger partial charge on any atom is -0.480 e. The zero-order chi connectivity index (χ0) is 7.28. The number of carboxylic acids is 1. The number of hydrogen-bond donors (Lipinski definition) is 2. The summed E-state index contributed by atoms with van der Waals surface area (Å²) in [5.41, 5.74) is 5.11. The first-order valence-corrected chi connectivity index (χ1v) is 2.57. The van der Waals surface area contributed by atoms with Crippen molar-refractivity contribution in [2.75, 3.05) is 7.05 Å². The molecule has 0 aromatic carbocycles. The van der Waals surface area contributed by atoms with Crippen LogP contribution in [-0.4, -0.2) is 30.4 Å². The third kappa shape index (κ3) is 3.66. The highest BCUT2D eigenvalue weighted by molar-refractivity contribution is 5.77. The summed E-state index contributed by atoms with van der Waals surface area (Å²) in [6.07, 6.45) is 1.78. The van der Waals surface area contributed by atoms with Crippen molar-refractivity contribution in [3.63, 3.8) is 0 Å². The lowest BCUT2D eigenvalue weighted by molar-refractivity contribution is -0.138. The lowest BCUT2D eigenvalue weighted by atomic mass is 10.2. The highest BCUT2D eigenvalue weighted by atomic mass is 16.4. The highest BCUT2D eigenvalue weighted by Gasteiger charge is 2.07. The van der Waals surface area contributed by atoms with Crippen LogP contribution in [0, 0.1) is 0 Å². The number of hydrogen-bond acceptors (Lipinski definition) is 3. The molecule has 4 nitrogen and oxygen atoms in total. The second-order valence-corrected chi connectivity index (χ2v) is 1.62. The molecule has 3 N–H and O–H groups in total. The Morgan fingerprint density at radius 2 is 2.56 bits per heavy atom. The number of nitrogens with zero attached hydrogens (tertiary/aromatic N) is 1. The van der Waals surface area contributed by atoms with E-state index < -0.39 is 12.0 Å². The van der Waals surface area contributed by atoms with Crippen LogP contribution in [0.4, 0.5) is 0 Å². The molecule has 0 amide bonds. The molecule has 0 aromatic heterocycles. The normalized spacial score (nSPS) is 14.0. The molecule has 0 saturated carbocycles. The Hall–Kier alpha value is -0.900. The third-order valence-corrected chi connectivity index (χ3v) is 0.859. The van der Waals surface area contributed by atoms with Gasteiger partial charge in [0.25, 0.3) is 0 Å². The predicted molar refractivity (Wildman–Crippen MR) is 34.6 cm³/mol. The van der Waals surface area contributed by atoms with Crippen LogP contribution in [0.1, 0.15) is 6.42 Å². The van der Waals surface area contributed by atoms with Crippen LogP contribution < -0.4 is 5.73 Å². The molecule has 0 unspecified atom stereocenters. The fourth-order valence-corrected chi connectivity index (χ4v) is 0.320. The van der Waals surface area contributed by atoms with Gasteiger partial charge in [0.2, 0.25) is 0 Å². The van der Waals surface area contributed by atoms with Crippen LogP contribution >= 0.6 is 0 Å². The van der Waals surface area contributed by atoms with Crippen LogP contribution in [0.25, 0.3) is 0 Å². The molecular formula is C5H10N2O2. The number of rotatable bonds is 3. The van der Waals surface area contributed by atoms with Gasteiger partial charge >= 0.3 is 5.97 Å². The smallest absolute Gasteiger partial charge is 0.320 e. The van der Waals surface area contributed by atoms with Crippen molar-refractivity contribution >= 4 is 12.2 Å². The fourth-order valence-electron chi connectivity index (χ4n) is 0.320. The van der Waals surface area contributed by atoms with Gasteiger partial charge in [-0.2, -0.15) is 0 Å². The third-order valence-electron chi connectivity index (χ3n) is 0.859. The summed E-state index contributed by atoms with van der Waals surface area (Å²) in [6.45, 7) is 0. The van der Waals surface area contributed by atoms with Gasteiger partial charge in [0.15, 0.2) is 0 Å². The molecule has 9 heavy (non-hydrogen) atoms. The van der Waals surface area contributed by atoms with Crippen molar-refractivity contribution in [3.8, 4) is 0 Å². The molecule has 0 bridgehead atoms. The molecule has 0 radical (unpaired) electrons. The van der Waals surface area contributed by atoms with Gasteiger partial charge in [-0.25, -0.2) is 0 Å². The van der Waals surface area contributed by atoms with E-state index in [1.165, 1.54) is 6.21 Å². The maximum atomic E-state index is 10.0. The number of nitrogens with two attached hydrogens (primary N) is 1. The average molecular weight is 130 g/mol. The molecule has 52 valence electrons. The zero-order valence-corrected chi connectivity index (χ0v) is 5.24. The Kier molecular flexibility index (Phi) is 3.62. The van der Waals surface area contributed by atoms with Gasteiger partial charge < -0.3 is 15.8 Å². The number of aliphatic carboxylic acids is 1. The van der Waals surface area contributed by atoms with E-state index in [-0.39, 0.29) is 0 Å². The first kappa shape index (κ1) is 8.10. The van der Waals surface area contributed by atoms with Crippen molar-refractivity contribution in [1.82, 2.24) is 0 Å². The van der Waals surface area contributed by atoms with Crippen LogP contribution in [0.15, 0.2) is 4.99 Å². The second kappa shape index (κ2) is 4.03. The monoisotopic (exact) mass is 130 g/mol. The van der Waals surface area contributed by atoms with Gasteiger partial charge in [-0.05, 0) is 0 Å². The van der Waals surface area contributed by atoms with Gasteiger partial charge in [0.05, 0.1) is 0 Å². The Labute approximate surface area is 53.4 Å².